The monoisotopic (exact) mass is 269 g/mol. The molecule has 0 aromatic carbocycles. The summed E-state index contributed by atoms with van der Waals surface area (Å²) in [4.78, 5) is 27.1. The molecule has 2 saturated heterocycles. The number of nitrogens with one attached hydrogen (secondary N) is 1. The molecule has 0 spiro atoms. The number of carbonyl (C=O) groups is 2. The van der Waals surface area contributed by atoms with Crippen molar-refractivity contribution in [2.45, 2.75) is 32.2 Å². The lowest BCUT2D eigenvalue weighted by Gasteiger charge is -2.31. The third kappa shape index (κ3) is 3.18. The van der Waals surface area contributed by atoms with Gasteiger partial charge in [-0.25, -0.2) is 4.79 Å². The van der Waals surface area contributed by atoms with Crippen molar-refractivity contribution in [1.29, 1.82) is 0 Å². The number of piperidine rings is 1. The number of carboxylic acids is 1. The molecule has 108 valence electrons. The fraction of sp³-hybridized carbons (Fsp3) is 0.846. The van der Waals surface area contributed by atoms with Gasteiger partial charge in [0, 0.05) is 25.7 Å². The van der Waals surface area contributed by atoms with E-state index in [0.29, 0.717) is 19.5 Å². The summed E-state index contributed by atoms with van der Waals surface area (Å²) in [5.74, 6) is -0.819. The van der Waals surface area contributed by atoms with E-state index in [0.717, 1.165) is 25.9 Å². The molecule has 0 aliphatic carbocycles. The number of rotatable bonds is 2. The molecule has 2 aliphatic rings. The number of urea groups is 1. The van der Waals surface area contributed by atoms with Crippen molar-refractivity contribution in [1.82, 2.24) is 15.1 Å². The molecule has 6 nitrogen and oxygen atoms in total. The molecule has 6 heteroatoms. The van der Waals surface area contributed by atoms with Gasteiger partial charge in [0.15, 0.2) is 0 Å². The predicted octanol–water partition coefficient (Wildman–Crippen LogP) is 0.587. The molecule has 19 heavy (non-hydrogen) atoms. The van der Waals surface area contributed by atoms with Gasteiger partial charge in [0.1, 0.15) is 0 Å². The first-order chi connectivity index (χ1) is 8.90. The molecule has 0 radical (unpaired) electrons. The van der Waals surface area contributed by atoms with Crippen LogP contribution in [0.15, 0.2) is 0 Å². The number of likely N-dealkylation sites (tertiary alicyclic amines) is 2. The quantitative estimate of drug-likeness (QED) is 0.769. The fourth-order valence-electron chi connectivity index (χ4n) is 2.86. The molecule has 0 aromatic heterocycles. The van der Waals surface area contributed by atoms with Crippen LogP contribution in [0.25, 0.3) is 0 Å². The first-order valence-corrected chi connectivity index (χ1v) is 6.88. The van der Waals surface area contributed by atoms with Gasteiger partial charge < -0.3 is 20.2 Å². The first kappa shape index (κ1) is 14.1. The summed E-state index contributed by atoms with van der Waals surface area (Å²) in [6.45, 7) is 4.48. The lowest BCUT2D eigenvalue weighted by Crippen LogP contribution is -2.50. The van der Waals surface area contributed by atoms with Crippen LogP contribution in [-0.4, -0.2) is 66.2 Å². The van der Waals surface area contributed by atoms with E-state index in [4.69, 9.17) is 5.11 Å². The Bertz CT molecular complexity index is 374. The number of carboxylic acid groups (broad SMARTS) is 1. The molecule has 2 heterocycles. The van der Waals surface area contributed by atoms with E-state index in [1.807, 2.05) is 0 Å². The van der Waals surface area contributed by atoms with Gasteiger partial charge in [-0.05, 0) is 39.8 Å². The Morgan fingerprint density at radius 1 is 1.37 bits per heavy atom. The number of amides is 2. The van der Waals surface area contributed by atoms with E-state index in [2.05, 4.69) is 17.3 Å². The second-order valence-electron chi connectivity index (χ2n) is 6.09. The van der Waals surface area contributed by atoms with E-state index in [1.165, 1.54) is 0 Å². The summed E-state index contributed by atoms with van der Waals surface area (Å²) in [6.07, 6.45) is 2.62. The van der Waals surface area contributed by atoms with Crippen molar-refractivity contribution in [2.24, 2.45) is 5.41 Å². The topological polar surface area (TPSA) is 72.9 Å². The van der Waals surface area contributed by atoms with Gasteiger partial charge in [-0.1, -0.05) is 0 Å². The maximum atomic E-state index is 12.1. The van der Waals surface area contributed by atoms with Gasteiger partial charge in [0.2, 0.25) is 0 Å². The van der Waals surface area contributed by atoms with Crippen molar-refractivity contribution in [3.8, 4) is 0 Å². The van der Waals surface area contributed by atoms with Crippen molar-refractivity contribution in [2.75, 3.05) is 33.2 Å². The molecule has 2 unspecified atom stereocenters. The van der Waals surface area contributed by atoms with Crippen molar-refractivity contribution in [3.63, 3.8) is 0 Å². The molecule has 0 aromatic rings. The Labute approximate surface area is 113 Å². The summed E-state index contributed by atoms with van der Waals surface area (Å²) in [5, 5.41) is 12.2. The van der Waals surface area contributed by atoms with E-state index in [1.54, 1.807) is 11.8 Å². The van der Waals surface area contributed by atoms with E-state index in [-0.39, 0.29) is 12.1 Å². The fourth-order valence-corrected chi connectivity index (χ4v) is 2.86. The zero-order valence-electron chi connectivity index (χ0n) is 11.7. The lowest BCUT2D eigenvalue weighted by atomic mass is 9.90. The van der Waals surface area contributed by atoms with Crippen molar-refractivity contribution >= 4 is 12.0 Å². The van der Waals surface area contributed by atoms with E-state index >= 15 is 0 Å². The van der Waals surface area contributed by atoms with E-state index in [9.17, 15) is 9.59 Å². The number of hydrogen-bond acceptors (Lipinski definition) is 3. The summed E-state index contributed by atoms with van der Waals surface area (Å²) >= 11 is 0. The maximum Gasteiger partial charge on any atom is 0.317 e. The summed E-state index contributed by atoms with van der Waals surface area (Å²) < 4.78 is 0. The largest absolute Gasteiger partial charge is 0.481 e. The number of likely N-dealkylation sites (N-methyl/N-ethyl adjacent to an activating group) is 1. The Kier molecular flexibility index (Phi) is 3.99. The van der Waals surface area contributed by atoms with Gasteiger partial charge in [-0.15, -0.1) is 0 Å². The van der Waals surface area contributed by atoms with Crippen molar-refractivity contribution in [3.05, 3.63) is 0 Å². The molecule has 0 bridgehead atoms. The minimum Gasteiger partial charge on any atom is -0.481 e. The van der Waals surface area contributed by atoms with Gasteiger partial charge >= 0.3 is 12.0 Å². The molecule has 2 atom stereocenters. The second-order valence-corrected chi connectivity index (χ2v) is 6.09. The van der Waals surface area contributed by atoms with Crippen LogP contribution in [-0.2, 0) is 4.79 Å². The summed E-state index contributed by atoms with van der Waals surface area (Å²) in [5.41, 5.74) is -0.791. The summed E-state index contributed by atoms with van der Waals surface area (Å²) in [7, 11) is 2.05. The zero-order chi connectivity index (χ0) is 14.0. The highest BCUT2D eigenvalue weighted by Crippen LogP contribution is 2.30. The van der Waals surface area contributed by atoms with Crippen LogP contribution in [0, 0.1) is 5.41 Å². The Morgan fingerprint density at radius 2 is 2.11 bits per heavy atom. The van der Waals surface area contributed by atoms with E-state index < -0.39 is 11.4 Å². The van der Waals surface area contributed by atoms with Gasteiger partial charge in [0.05, 0.1) is 5.41 Å². The standard InChI is InChI=1S/C13H23N3O3/c1-13(11(17)18)5-7-16(9-13)12(19)14-10-4-3-6-15(2)8-10/h10H,3-9H2,1-2H3,(H,14,19)(H,17,18). The minimum absolute atomic E-state index is 0.120. The van der Waals surface area contributed by atoms with Crippen LogP contribution in [0.4, 0.5) is 4.79 Å². The third-order valence-electron chi connectivity index (χ3n) is 4.23. The van der Waals surface area contributed by atoms with Gasteiger partial charge in [-0.3, -0.25) is 4.79 Å². The molecule has 2 N–H and O–H groups in total. The Hall–Kier alpha value is -1.30. The van der Waals surface area contributed by atoms with Crippen molar-refractivity contribution < 1.29 is 14.7 Å². The number of aliphatic carboxylic acids is 1. The average molecular weight is 269 g/mol. The van der Waals surface area contributed by atoms with Crippen LogP contribution in [0.2, 0.25) is 0 Å². The van der Waals surface area contributed by atoms with Crippen LogP contribution in [0.1, 0.15) is 26.2 Å². The third-order valence-corrected chi connectivity index (χ3v) is 4.23. The SMILES string of the molecule is CN1CCCC(NC(=O)N2CCC(C)(C(=O)O)C2)C1. The zero-order valence-corrected chi connectivity index (χ0v) is 11.7. The predicted molar refractivity (Wildman–Crippen MR) is 71.0 cm³/mol. The molecule has 2 amide bonds. The lowest BCUT2D eigenvalue weighted by molar-refractivity contribution is -0.146. The molecular formula is C13H23N3O3. The molecule has 0 saturated carbocycles. The second kappa shape index (κ2) is 5.36. The van der Waals surface area contributed by atoms with Crippen LogP contribution >= 0.6 is 0 Å². The average Bonchev–Trinajstić information content (AvgIpc) is 2.73. The highest BCUT2D eigenvalue weighted by Gasteiger charge is 2.42. The Balaban J connectivity index is 1.86. The molecular weight excluding hydrogens is 246 g/mol. The molecule has 2 rings (SSSR count). The minimum atomic E-state index is -0.819. The number of hydrogen-bond donors (Lipinski definition) is 2. The van der Waals surface area contributed by atoms with Gasteiger partial charge in [-0.2, -0.15) is 0 Å². The normalized spacial score (nSPS) is 32.3. The molecule has 2 fully saturated rings. The smallest absolute Gasteiger partial charge is 0.317 e. The first-order valence-electron chi connectivity index (χ1n) is 6.88. The van der Waals surface area contributed by atoms with Crippen LogP contribution < -0.4 is 5.32 Å². The van der Waals surface area contributed by atoms with Crippen LogP contribution in [0.5, 0.6) is 0 Å². The van der Waals surface area contributed by atoms with Crippen LogP contribution in [0.3, 0.4) is 0 Å². The summed E-state index contributed by atoms with van der Waals surface area (Å²) in [6, 6.07) is 0.0632. The number of carbonyl (C=O) groups excluding carboxylic acids is 1. The molecule has 2 aliphatic heterocycles. The Morgan fingerprint density at radius 3 is 2.68 bits per heavy atom. The highest BCUT2D eigenvalue weighted by atomic mass is 16.4. The maximum absolute atomic E-state index is 12.1. The van der Waals surface area contributed by atoms with Gasteiger partial charge in [0.25, 0.3) is 0 Å². The highest BCUT2D eigenvalue weighted by molar-refractivity contribution is 5.79. The number of nitrogens with zero attached hydrogens (tertiary/aromatic N) is 2.